The van der Waals surface area contributed by atoms with Crippen LogP contribution in [0.1, 0.15) is 26.4 Å². The highest BCUT2D eigenvalue weighted by atomic mass is 32.1. The molecule has 18 heavy (non-hydrogen) atoms. The number of carboxylic acids is 1. The largest absolute Gasteiger partial charge is 0.477 e. The second-order valence-electron chi connectivity index (χ2n) is 4.35. The molecule has 0 radical (unpaired) electrons. The zero-order chi connectivity index (χ0) is 13.4. The zero-order valence-corrected chi connectivity index (χ0v) is 11.4. The number of carbonyl (C=O) groups is 1. The van der Waals surface area contributed by atoms with Crippen molar-refractivity contribution in [3.63, 3.8) is 0 Å². The average Bonchev–Trinajstić information content (AvgIpc) is 2.61. The van der Waals surface area contributed by atoms with Gasteiger partial charge in [0.25, 0.3) is 0 Å². The molecule has 0 fully saturated rings. The highest BCUT2D eigenvalue weighted by Crippen LogP contribution is 2.39. The van der Waals surface area contributed by atoms with Crippen molar-refractivity contribution in [2.24, 2.45) is 0 Å². The molecule has 1 heterocycles. The molecule has 94 valence electrons. The number of hydrogen-bond donors (Lipinski definition) is 2. The summed E-state index contributed by atoms with van der Waals surface area (Å²) in [4.78, 5) is 12.3. The maximum atomic E-state index is 11.1. The van der Waals surface area contributed by atoms with Crippen molar-refractivity contribution >= 4 is 23.0 Å². The number of aromatic carboxylic acids is 1. The van der Waals surface area contributed by atoms with E-state index in [4.69, 9.17) is 10.8 Å². The molecule has 0 saturated heterocycles. The van der Waals surface area contributed by atoms with Gasteiger partial charge < -0.3 is 10.8 Å². The topological polar surface area (TPSA) is 63.3 Å². The standard InChI is InChI=1S/C14H15NO2S/c1-7-5-4-6-10(8(7)2)12-9(3)11(15)13(18-12)14(16)17/h4-6H,15H2,1-3H3,(H,16,17). The lowest BCUT2D eigenvalue weighted by atomic mass is 10.00. The van der Waals surface area contributed by atoms with Gasteiger partial charge in [0.2, 0.25) is 0 Å². The number of benzene rings is 1. The molecule has 0 bridgehead atoms. The van der Waals surface area contributed by atoms with Crippen LogP contribution in [0.5, 0.6) is 0 Å². The molecule has 0 unspecified atom stereocenters. The lowest BCUT2D eigenvalue weighted by Gasteiger charge is -2.07. The van der Waals surface area contributed by atoms with Crippen molar-refractivity contribution in [3.8, 4) is 10.4 Å². The first-order valence-corrected chi connectivity index (χ1v) is 6.44. The first-order valence-electron chi connectivity index (χ1n) is 5.62. The van der Waals surface area contributed by atoms with Gasteiger partial charge in [0.15, 0.2) is 0 Å². The third kappa shape index (κ3) is 1.88. The molecule has 0 aliphatic rings. The molecule has 0 aliphatic heterocycles. The molecule has 0 saturated carbocycles. The van der Waals surface area contributed by atoms with Crippen molar-refractivity contribution in [3.05, 3.63) is 39.8 Å². The predicted molar refractivity (Wildman–Crippen MR) is 75.3 cm³/mol. The summed E-state index contributed by atoms with van der Waals surface area (Å²) in [6.07, 6.45) is 0. The second-order valence-corrected chi connectivity index (χ2v) is 5.37. The smallest absolute Gasteiger partial charge is 0.348 e. The summed E-state index contributed by atoms with van der Waals surface area (Å²) < 4.78 is 0. The van der Waals surface area contributed by atoms with Crippen LogP contribution in [-0.4, -0.2) is 11.1 Å². The van der Waals surface area contributed by atoms with Gasteiger partial charge in [-0.25, -0.2) is 4.79 Å². The maximum absolute atomic E-state index is 11.1. The molecule has 1 aromatic carbocycles. The summed E-state index contributed by atoms with van der Waals surface area (Å²) in [5.41, 5.74) is 10.5. The van der Waals surface area contributed by atoms with Gasteiger partial charge in [0.05, 0.1) is 5.69 Å². The molecule has 4 heteroatoms. The Balaban J connectivity index is 2.69. The quantitative estimate of drug-likeness (QED) is 0.867. The molecule has 2 rings (SSSR count). The Morgan fingerprint density at radius 1 is 1.22 bits per heavy atom. The third-order valence-corrected chi connectivity index (χ3v) is 4.57. The van der Waals surface area contributed by atoms with Gasteiger partial charge in [-0.3, -0.25) is 0 Å². The van der Waals surface area contributed by atoms with Gasteiger partial charge in [0.1, 0.15) is 4.88 Å². The molecule has 3 N–H and O–H groups in total. The third-order valence-electron chi connectivity index (χ3n) is 3.24. The predicted octanol–water partition coefficient (Wildman–Crippen LogP) is 3.62. The number of thiophene rings is 1. The fraction of sp³-hybridized carbons (Fsp3) is 0.214. The molecule has 1 aromatic heterocycles. The Kier molecular flexibility index (Phi) is 3.13. The van der Waals surface area contributed by atoms with Crippen LogP contribution < -0.4 is 5.73 Å². The highest BCUT2D eigenvalue weighted by molar-refractivity contribution is 7.18. The first kappa shape index (κ1) is 12.6. The summed E-state index contributed by atoms with van der Waals surface area (Å²) in [6.45, 7) is 5.96. The van der Waals surface area contributed by atoms with Gasteiger partial charge in [-0.2, -0.15) is 0 Å². The zero-order valence-electron chi connectivity index (χ0n) is 10.6. The Hall–Kier alpha value is -1.81. The molecule has 0 atom stereocenters. The van der Waals surface area contributed by atoms with E-state index in [2.05, 4.69) is 0 Å². The van der Waals surface area contributed by atoms with Crippen LogP contribution in [0.15, 0.2) is 18.2 Å². The Labute approximate surface area is 110 Å². The summed E-state index contributed by atoms with van der Waals surface area (Å²) in [7, 11) is 0. The molecule has 3 nitrogen and oxygen atoms in total. The van der Waals surface area contributed by atoms with Gasteiger partial charge >= 0.3 is 5.97 Å². The first-order chi connectivity index (χ1) is 8.43. The Morgan fingerprint density at radius 2 is 1.89 bits per heavy atom. The van der Waals surface area contributed by atoms with Gasteiger partial charge in [-0.05, 0) is 43.0 Å². The molecule has 0 spiro atoms. The second kappa shape index (κ2) is 4.46. The van der Waals surface area contributed by atoms with Crippen LogP contribution in [0.4, 0.5) is 5.69 Å². The Bertz CT molecular complexity index is 629. The monoisotopic (exact) mass is 261 g/mol. The van der Waals surface area contributed by atoms with E-state index in [0.29, 0.717) is 5.69 Å². The lowest BCUT2D eigenvalue weighted by molar-refractivity contribution is 0.0703. The van der Waals surface area contributed by atoms with Crippen molar-refractivity contribution < 1.29 is 9.90 Å². The average molecular weight is 261 g/mol. The van der Waals surface area contributed by atoms with E-state index in [0.717, 1.165) is 16.0 Å². The SMILES string of the molecule is Cc1cccc(-c2sc(C(=O)O)c(N)c2C)c1C. The number of anilines is 1. The number of nitrogen functional groups attached to an aromatic ring is 1. The van der Waals surface area contributed by atoms with Gasteiger partial charge in [-0.1, -0.05) is 18.2 Å². The van der Waals surface area contributed by atoms with E-state index in [1.165, 1.54) is 22.5 Å². The van der Waals surface area contributed by atoms with Gasteiger partial charge in [-0.15, -0.1) is 11.3 Å². The summed E-state index contributed by atoms with van der Waals surface area (Å²) in [5, 5.41) is 9.10. The normalized spacial score (nSPS) is 10.6. The highest BCUT2D eigenvalue weighted by Gasteiger charge is 2.19. The van der Waals surface area contributed by atoms with E-state index < -0.39 is 5.97 Å². The van der Waals surface area contributed by atoms with E-state index in [-0.39, 0.29) is 4.88 Å². The number of aryl methyl sites for hydroxylation is 1. The van der Waals surface area contributed by atoms with Crippen molar-refractivity contribution in [1.82, 2.24) is 0 Å². The van der Waals surface area contributed by atoms with Crippen LogP contribution in [0.3, 0.4) is 0 Å². The summed E-state index contributed by atoms with van der Waals surface area (Å²) in [5.74, 6) is -0.961. The molecule has 0 aliphatic carbocycles. The maximum Gasteiger partial charge on any atom is 0.348 e. The van der Waals surface area contributed by atoms with Crippen molar-refractivity contribution in [2.45, 2.75) is 20.8 Å². The summed E-state index contributed by atoms with van der Waals surface area (Å²) in [6, 6.07) is 6.03. The van der Waals surface area contributed by atoms with Crippen LogP contribution in [0.25, 0.3) is 10.4 Å². The minimum Gasteiger partial charge on any atom is -0.477 e. The van der Waals surface area contributed by atoms with E-state index >= 15 is 0 Å². The molecular formula is C14H15NO2S. The molecule has 0 amide bonds. The fourth-order valence-electron chi connectivity index (χ4n) is 1.94. The van der Waals surface area contributed by atoms with Crippen LogP contribution in [-0.2, 0) is 0 Å². The molecular weight excluding hydrogens is 246 g/mol. The van der Waals surface area contributed by atoms with Gasteiger partial charge in [0, 0.05) is 4.88 Å². The van der Waals surface area contributed by atoms with Crippen LogP contribution in [0, 0.1) is 20.8 Å². The molecule has 2 aromatic rings. The van der Waals surface area contributed by atoms with Crippen molar-refractivity contribution in [1.29, 1.82) is 0 Å². The minimum atomic E-state index is -0.961. The lowest BCUT2D eigenvalue weighted by Crippen LogP contribution is -1.97. The minimum absolute atomic E-state index is 0.225. The van der Waals surface area contributed by atoms with Crippen LogP contribution >= 0.6 is 11.3 Å². The number of rotatable bonds is 2. The summed E-state index contributed by atoms with van der Waals surface area (Å²) >= 11 is 1.25. The number of nitrogens with two attached hydrogens (primary N) is 1. The van der Waals surface area contributed by atoms with E-state index in [9.17, 15) is 4.79 Å². The van der Waals surface area contributed by atoms with Crippen LogP contribution in [0.2, 0.25) is 0 Å². The number of carboxylic acid groups (broad SMARTS) is 1. The van der Waals surface area contributed by atoms with E-state index in [1.54, 1.807) is 0 Å². The van der Waals surface area contributed by atoms with E-state index in [1.807, 2.05) is 39.0 Å². The van der Waals surface area contributed by atoms with Crippen molar-refractivity contribution in [2.75, 3.05) is 5.73 Å². The fourth-order valence-corrected chi connectivity index (χ4v) is 3.09. The number of hydrogen-bond acceptors (Lipinski definition) is 3. The Morgan fingerprint density at radius 3 is 2.44 bits per heavy atom.